The van der Waals surface area contributed by atoms with Gasteiger partial charge in [-0.15, -0.1) is 5.10 Å². The summed E-state index contributed by atoms with van der Waals surface area (Å²) in [6.45, 7) is 4.22. The summed E-state index contributed by atoms with van der Waals surface area (Å²) in [5, 5.41) is 13.8. The summed E-state index contributed by atoms with van der Waals surface area (Å²) in [6, 6.07) is 7.48. The Balaban J connectivity index is 2.09. The zero-order chi connectivity index (χ0) is 13.1. The highest BCUT2D eigenvalue weighted by atomic mass is 16.1. The van der Waals surface area contributed by atoms with E-state index >= 15 is 0 Å². The van der Waals surface area contributed by atoms with Gasteiger partial charge in [-0.3, -0.25) is 10.1 Å². The van der Waals surface area contributed by atoms with Crippen LogP contribution in [0, 0.1) is 0 Å². The number of nitrogens with zero attached hydrogens (tertiary/aromatic N) is 4. The number of hydrogen-bond acceptors (Lipinski definition) is 4. The summed E-state index contributed by atoms with van der Waals surface area (Å²) in [4.78, 5) is 13.2. The Labute approximate surface area is 105 Å². The van der Waals surface area contributed by atoms with Gasteiger partial charge in [0.15, 0.2) is 0 Å². The summed E-state index contributed by atoms with van der Waals surface area (Å²) < 4.78 is 0. The lowest BCUT2D eigenvalue weighted by Crippen LogP contribution is -2.13. The van der Waals surface area contributed by atoms with E-state index in [2.05, 4.69) is 34.6 Å². The normalized spacial score (nSPS) is 10.7. The highest BCUT2D eigenvalue weighted by molar-refractivity contribution is 6.03. The van der Waals surface area contributed by atoms with Gasteiger partial charge in [-0.05, 0) is 28.8 Å². The van der Waals surface area contributed by atoms with Crippen molar-refractivity contribution in [2.45, 2.75) is 19.8 Å². The molecule has 1 aromatic carbocycles. The number of aryl methyl sites for hydroxylation is 1. The number of aromatic nitrogens is 4. The van der Waals surface area contributed by atoms with Gasteiger partial charge in [-0.2, -0.15) is 4.80 Å². The zero-order valence-corrected chi connectivity index (χ0v) is 10.6. The van der Waals surface area contributed by atoms with Crippen LogP contribution in [0.4, 0.5) is 5.95 Å². The molecule has 2 rings (SSSR count). The smallest absolute Gasteiger partial charge is 0.270 e. The van der Waals surface area contributed by atoms with Gasteiger partial charge in [0.2, 0.25) is 0 Å². The molecular weight excluding hydrogens is 230 g/mol. The minimum atomic E-state index is -0.238. The number of anilines is 1. The number of rotatable bonds is 3. The Morgan fingerprint density at radius 2 is 1.94 bits per heavy atom. The van der Waals surface area contributed by atoms with E-state index < -0.39 is 0 Å². The molecule has 1 aromatic heterocycles. The number of benzene rings is 1. The number of amides is 1. The second-order valence-corrected chi connectivity index (χ2v) is 4.33. The van der Waals surface area contributed by atoms with E-state index in [1.807, 2.05) is 12.1 Å². The van der Waals surface area contributed by atoms with Crippen LogP contribution >= 0.6 is 0 Å². The number of carbonyl (C=O) groups excluding carboxylic acids is 1. The first-order valence-corrected chi connectivity index (χ1v) is 5.71. The van der Waals surface area contributed by atoms with E-state index in [0.29, 0.717) is 11.5 Å². The molecule has 6 heteroatoms. The average molecular weight is 245 g/mol. The predicted octanol–water partition coefficient (Wildman–Crippen LogP) is 1.59. The van der Waals surface area contributed by atoms with Gasteiger partial charge < -0.3 is 0 Å². The minimum Gasteiger partial charge on any atom is -0.288 e. The Bertz CT molecular complexity index is 544. The van der Waals surface area contributed by atoms with Crippen molar-refractivity contribution >= 4 is 11.9 Å². The topological polar surface area (TPSA) is 72.7 Å². The third kappa shape index (κ3) is 2.71. The van der Waals surface area contributed by atoms with E-state index in [9.17, 15) is 4.79 Å². The number of nitrogens with one attached hydrogen (secondary N) is 1. The zero-order valence-electron chi connectivity index (χ0n) is 10.6. The van der Waals surface area contributed by atoms with Gasteiger partial charge in [0, 0.05) is 5.56 Å². The fourth-order valence-corrected chi connectivity index (χ4v) is 1.53. The van der Waals surface area contributed by atoms with Gasteiger partial charge in [-0.1, -0.05) is 31.1 Å². The maximum Gasteiger partial charge on any atom is 0.270 e. The molecule has 0 atom stereocenters. The lowest BCUT2D eigenvalue weighted by Gasteiger charge is -2.06. The summed E-state index contributed by atoms with van der Waals surface area (Å²) in [7, 11) is 1.64. The number of carbonyl (C=O) groups is 1. The van der Waals surface area contributed by atoms with E-state index in [0.717, 1.165) is 0 Å². The average Bonchev–Trinajstić information content (AvgIpc) is 2.75. The highest BCUT2D eigenvalue weighted by Crippen LogP contribution is 2.15. The van der Waals surface area contributed by atoms with Crippen molar-refractivity contribution in [2.75, 3.05) is 5.32 Å². The first-order chi connectivity index (χ1) is 8.56. The van der Waals surface area contributed by atoms with E-state index in [1.165, 1.54) is 10.4 Å². The summed E-state index contributed by atoms with van der Waals surface area (Å²) >= 11 is 0. The van der Waals surface area contributed by atoms with Crippen LogP contribution in [0.3, 0.4) is 0 Å². The summed E-state index contributed by atoms with van der Waals surface area (Å²) in [5.41, 5.74) is 1.77. The molecule has 18 heavy (non-hydrogen) atoms. The Kier molecular flexibility index (Phi) is 3.36. The quantitative estimate of drug-likeness (QED) is 0.891. The molecule has 1 N–H and O–H groups in total. The van der Waals surface area contributed by atoms with Crippen LogP contribution in [-0.4, -0.2) is 26.1 Å². The van der Waals surface area contributed by atoms with Crippen molar-refractivity contribution in [1.29, 1.82) is 0 Å². The molecule has 1 heterocycles. The van der Waals surface area contributed by atoms with Crippen LogP contribution in [0.25, 0.3) is 0 Å². The molecule has 2 aromatic rings. The molecule has 0 aliphatic heterocycles. The first-order valence-electron chi connectivity index (χ1n) is 5.71. The molecule has 0 unspecified atom stereocenters. The summed E-state index contributed by atoms with van der Waals surface area (Å²) in [6.07, 6.45) is 0. The van der Waals surface area contributed by atoms with Gasteiger partial charge in [0.1, 0.15) is 0 Å². The van der Waals surface area contributed by atoms with Gasteiger partial charge in [0.05, 0.1) is 7.05 Å². The van der Waals surface area contributed by atoms with Crippen molar-refractivity contribution in [2.24, 2.45) is 7.05 Å². The van der Waals surface area contributed by atoms with E-state index in [-0.39, 0.29) is 11.9 Å². The Morgan fingerprint density at radius 3 is 2.44 bits per heavy atom. The van der Waals surface area contributed by atoms with Gasteiger partial charge >= 0.3 is 0 Å². The predicted molar refractivity (Wildman–Crippen MR) is 67.3 cm³/mol. The molecule has 0 spiro atoms. The molecule has 6 nitrogen and oxygen atoms in total. The molecule has 0 radical (unpaired) electrons. The molecule has 0 aliphatic carbocycles. The van der Waals surface area contributed by atoms with Crippen LogP contribution in [-0.2, 0) is 7.05 Å². The van der Waals surface area contributed by atoms with Crippen LogP contribution in [0.2, 0.25) is 0 Å². The largest absolute Gasteiger partial charge is 0.288 e. The summed E-state index contributed by atoms with van der Waals surface area (Å²) in [5.74, 6) is 0.414. The first kappa shape index (κ1) is 12.2. The lowest BCUT2D eigenvalue weighted by atomic mass is 10.0. The van der Waals surface area contributed by atoms with Crippen LogP contribution < -0.4 is 5.32 Å². The Morgan fingerprint density at radius 1 is 1.28 bits per heavy atom. The molecule has 1 amide bonds. The molecular formula is C12H15N5O. The van der Waals surface area contributed by atoms with Crippen LogP contribution in [0.1, 0.15) is 35.7 Å². The molecule has 0 aliphatic rings. The fraction of sp³-hybridized carbons (Fsp3) is 0.333. The monoisotopic (exact) mass is 245 g/mol. The van der Waals surface area contributed by atoms with Crippen molar-refractivity contribution in [3.8, 4) is 0 Å². The van der Waals surface area contributed by atoms with Crippen LogP contribution in [0.15, 0.2) is 24.3 Å². The molecule has 94 valence electrons. The molecule has 0 saturated heterocycles. The second kappa shape index (κ2) is 4.95. The second-order valence-electron chi connectivity index (χ2n) is 4.33. The fourth-order valence-electron chi connectivity index (χ4n) is 1.53. The standard InChI is InChI=1S/C12H15N5O/c1-8(2)9-4-6-10(7-5-9)11(18)13-12-14-16-17(3)15-12/h4-8H,1-3H3,(H,13,15,18). The minimum absolute atomic E-state index is 0.204. The molecule has 0 fully saturated rings. The van der Waals surface area contributed by atoms with Crippen molar-refractivity contribution in [3.63, 3.8) is 0 Å². The van der Waals surface area contributed by atoms with Gasteiger partial charge in [-0.25, -0.2) is 0 Å². The third-order valence-electron chi connectivity index (χ3n) is 2.57. The molecule has 0 bridgehead atoms. The third-order valence-corrected chi connectivity index (χ3v) is 2.57. The highest BCUT2D eigenvalue weighted by Gasteiger charge is 2.09. The SMILES string of the molecule is CC(C)c1ccc(C(=O)Nc2nnn(C)n2)cc1. The molecule has 0 saturated carbocycles. The van der Waals surface area contributed by atoms with Crippen molar-refractivity contribution < 1.29 is 4.79 Å². The number of hydrogen-bond donors (Lipinski definition) is 1. The Hall–Kier alpha value is -2.24. The van der Waals surface area contributed by atoms with Crippen LogP contribution in [0.5, 0.6) is 0 Å². The van der Waals surface area contributed by atoms with Gasteiger partial charge in [0.25, 0.3) is 11.9 Å². The van der Waals surface area contributed by atoms with Crippen molar-refractivity contribution in [1.82, 2.24) is 20.2 Å². The van der Waals surface area contributed by atoms with E-state index in [1.54, 1.807) is 19.2 Å². The van der Waals surface area contributed by atoms with E-state index in [4.69, 9.17) is 0 Å². The van der Waals surface area contributed by atoms with Crippen molar-refractivity contribution in [3.05, 3.63) is 35.4 Å². The maximum absolute atomic E-state index is 11.9. The number of tetrazole rings is 1. The lowest BCUT2D eigenvalue weighted by molar-refractivity contribution is 0.102. The maximum atomic E-state index is 11.9.